The third-order valence-corrected chi connectivity index (χ3v) is 7.27. The van der Waals surface area contributed by atoms with Crippen molar-refractivity contribution in [1.29, 1.82) is 0 Å². The largest absolute Gasteiger partial charge is 0.494 e. The quantitative estimate of drug-likeness (QED) is 0.392. The average molecular weight is 490 g/mol. The number of carbonyl (C=O) groups excluding carboxylic acids is 2. The van der Waals surface area contributed by atoms with Gasteiger partial charge in [0.15, 0.2) is 0 Å². The van der Waals surface area contributed by atoms with Crippen molar-refractivity contribution >= 4 is 21.8 Å². The molecule has 2 amide bonds. The molecule has 0 bridgehead atoms. The summed E-state index contributed by atoms with van der Waals surface area (Å²) in [7, 11) is -3.73. The van der Waals surface area contributed by atoms with E-state index in [2.05, 4.69) is 17.8 Å². The molecule has 2 aromatic carbocycles. The van der Waals surface area contributed by atoms with Gasteiger partial charge in [-0.2, -0.15) is 4.31 Å². The van der Waals surface area contributed by atoms with Crippen LogP contribution in [0, 0.1) is 0 Å². The van der Waals surface area contributed by atoms with Crippen LogP contribution in [0.5, 0.6) is 5.75 Å². The second kappa shape index (κ2) is 12.5. The first-order chi connectivity index (χ1) is 16.4. The molecule has 1 aliphatic rings. The van der Waals surface area contributed by atoms with Gasteiger partial charge in [0.2, 0.25) is 10.0 Å². The minimum absolute atomic E-state index is 0.0126. The monoisotopic (exact) mass is 489 g/mol. The highest BCUT2D eigenvalue weighted by molar-refractivity contribution is 7.89. The molecule has 0 aromatic heterocycles. The van der Waals surface area contributed by atoms with E-state index >= 15 is 0 Å². The van der Waals surface area contributed by atoms with Crippen LogP contribution in [0.3, 0.4) is 0 Å². The third kappa shape index (κ3) is 7.02. The molecule has 0 atom stereocenters. The lowest BCUT2D eigenvalue weighted by Crippen LogP contribution is -2.42. The Labute approximate surface area is 200 Å². The fourth-order valence-electron chi connectivity index (χ4n) is 3.41. The maximum absolute atomic E-state index is 12.8. The number of nitrogens with one attached hydrogen (secondary N) is 2. The normalized spacial score (nSPS) is 14.4. The van der Waals surface area contributed by atoms with E-state index in [4.69, 9.17) is 9.47 Å². The minimum Gasteiger partial charge on any atom is -0.494 e. The van der Waals surface area contributed by atoms with E-state index in [0.717, 1.165) is 12.8 Å². The number of ether oxygens (including phenoxy) is 2. The Balaban J connectivity index is 1.53. The van der Waals surface area contributed by atoms with Crippen molar-refractivity contribution in [3.63, 3.8) is 0 Å². The van der Waals surface area contributed by atoms with Crippen molar-refractivity contribution in [2.75, 3.05) is 32.9 Å². The number of sulfonamides is 1. The van der Waals surface area contributed by atoms with E-state index in [9.17, 15) is 18.0 Å². The van der Waals surface area contributed by atoms with Gasteiger partial charge in [0, 0.05) is 24.2 Å². The SMILES string of the molecule is CCCCCCOc1ccc(C(=O)NNC(=O)c2cccc(S(=O)(=O)N3CCOCC3)c2)cc1. The van der Waals surface area contributed by atoms with Gasteiger partial charge in [0.25, 0.3) is 11.8 Å². The van der Waals surface area contributed by atoms with Gasteiger partial charge in [0.05, 0.1) is 24.7 Å². The first kappa shape index (κ1) is 25.7. The maximum Gasteiger partial charge on any atom is 0.269 e. The molecular formula is C24H31N3O6S. The second-order valence-electron chi connectivity index (χ2n) is 7.89. The number of rotatable bonds is 10. The van der Waals surface area contributed by atoms with Crippen LogP contribution in [0.25, 0.3) is 0 Å². The Kier molecular flexibility index (Phi) is 9.43. The summed E-state index contributed by atoms with van der Waals surface area (Å²) in [6, 6.07) is 12.3. The zero-order valence-corrected chi connectivity index (χ0v) is 20.1. The number of hydrazine groups is 1. The van der Waals surface area contributed by atoms with Crippen molar-refractivity contribution in [3.8, 4) is 5.75 Å². The summed E-state index contributed by atoms with van der Waals surface area (Å²) in [6.45, 7) is 3.97. The molecule has 3 rings (SSSR count). The van der Waals surface area contributed by atoms with Crippen LogP contribution < -0.4 is 15.6 Å². The molecule has 1 heterocycles. The van der Waals surface area contributed by atoms with Gasteiger partial charge < -0.3 is 9.47 Å². The number of carbonyl (C=O) groups is 2. The summed E-state index contributed by atoms with van der Waals surface area (Å²) in [5.74, 6) is -0.449. The molecule has 0 unspecified atom stereocenters. The number of nitrogens with zero attached hydrogens (tertiary/aromatic N) is 1. The van der Waals surface area contributed by atoms with Crippen LogP contribution in [0.4, 0.5) is 0 Å². The van der Waals surface area contributed by atoms with E-state index in [1.807, 2.05) is 0 Å². The Morgan fingerprint density at radius 3 is 2.29 bits per heavy atom. The lowest BCUT2D eigenvalue weighted by atomic mass is 10.2. The van der Waals surface area contributed by atoms with E-state index in [1.54, 1.807) is 24.3 Å². The number of unbranched alkanes of at least 4 members (excludes halogenated alkanes) is 3. The van der Waals surface area contributed by atoms with E-state index in [1.165, 1.54) is 41.4 Å². The van der Waals surface area contributed by atoms with Crippen LogP contribution in [0.15, 0.2) is 53.4 Å². The Hall–Kier alpha value is -2.95. The molecule has 0 spiro atoms. The van der Waals surface area contributed by atoms with Crippen molar-refractivity contribution in [2.45, 2.75) is 37.5 Å². The molecule has 184 valence electrons. The summed E-state index contributed by atoms with van der Waals surface area (Å²) < 4.78 is 37.8. The van der Waals surface area contributed by atoms with E-state index < -0.39 is 21.8 Å². The smallest absolute Gasteiger partial charge is 0.269 e. The highest BCUT2D eigenvalue weighted by atomic mass is 32.2. The molecule has 2 aromatic rings. The van der Waals surface area contributed by atoms with Crippen LogP contribution in [-0.4, -0.2) is 57.4 Å². The topological polar surface area (TPSA) is 114 Å². The standard InChI is InChI=1S/C24H31N3O6S/c1-2-3-4-5-15-33-21-11-9-19(10-12-21)23(28)25-26-24(29)20-7-6-8-22(18-20)34(30,31)27-13-16-32-17-14-27/h6-12,18H,2-5,13-17H2,1H3,(H,25,28)(H,26,29). The number of benzene rings is 2. The van der Waals surface area contributed by atoms with Gasteiger partial charge in [-0.25, -0.2) is 8.42 Å². The Morgan fingerprint density at radius 1 is 0.941 bits per heavy atom. The molecule has 10 heteroatoms. The maximum atomic E-state index is 12.8. The Morgan fingerprint density at radius 2 is 1.62 bits per heavy atom. The van der Waals surface area contributed by atoms with Crippen molar-refractivity contribution in [2.24, 2.45) is 0 Å². The van der Waals surface area contributed by atoms with Crippen molar-refractivity contribution in [3.05, 3.63) is 59.7 Å². The molecule has 0 saturated carbocycles. The van der Waals surface area contributed by atoms with Gasteiger partial charge in [-0.15, -0.1) is 0 Å². The summed E-state index contributed by atoms with van der Waals surface area (Å²) >= 11 is 0. The average Bonchev–Trinajstić information content (AvgIpc) is 2.88. The highest BCUT2D eigenvalue weighted by Crippen LogP contribution is 2.18. The zero-order chi connectivity index (χ0) is 24.4. The zero-order valence-electron chi connectivity index (χ0n) is 19.3. The van der Waals surface area contributed by atoms with Gasteiger partial charge in [-0.1, -0.05) is 32.3 Å². The van der Waals surface area contributed by atoms with Gasteiger partial charge in [-0.3, -0.25) is 20.4 Å². The van der Waals surface area contributed by atoms with Crippen molar-refractivity contribution < 1.29 is 27.5 Å². The molecule has 1 aliphatic heterocycles. The van der Waals surface area contributed by atoms with Gasteiger partial charge >= 0.3 is 0 Å². The Bertz CT molecular complexity index is 1070. The number of hydrogen-bond acceptors (Lipinski definition) is 6. The number of hydrogen-bond donors (Lipinski definition) is 2. The van der Waals surface area contributed by atoms with Crippen molar-refractivity contribution in [1.82, 2.24) is 15.2 Å². The minimum atomic E-state index is -3.73. The molecule has 1 saturated heterocycles. The third-order valence-electron chi connectivity index (χ3n) is 5.38. The van der Waals surface area contributed by atoms with E-state index in [0.29, 0.717) is 31.1 Å². The summed E-state index contributed by atoms with van der Waals surface area (Å²) in [4.78, 5) is 24.9. The number of morpholine rings is 1. The molecule has 9 nitrogen and oxygen atoms in total. The summed E-state index contributed by atoms with van der Waals surface area (Å²) in [5.41, 5.74) is 5.14. The van der Waals surface area contributed by atoms with Gasteiger partial charge in [-0.05, 0) is 48.9 Å². The lowest BCUT2D eigenvalue weighted by Gasteiger charge is -2.26. The number of amides is 2. The molecule has 0 aliphatic carbocycles. The van der Waals surface area contributed by atoms with E-state index in [-0.39, 0.29) is 23.5 Å². The molecular weight excluding hydrogens is 458 g/mol. The molecule has 2 N–H and O–H groups in total. The molecule has 34 heavy (non-hydrogen) atoms. The first-order valence-electron chi connectivity index (χ1n) is 11.4. The second-order valence-corrected chi connectivity index (χ2v) is 9.82. The lowest BCUT2D eigenvalue weighted by molar-refractivity contribution is 0.0730. The fraction of sp³-hybridized carbons (Fsp3) is 0.417. The predicted molar refractivity (Wildman–Crippen MR) is 127 cm³/mol. The summed E-state index contributed by atoms with van der Waals surface area (Å²) in [6.07, 6.45) is 4.46. The molecule has 0 radical (unpaired) electrons. The first-order valence-corrected chi connectivity index (χ1v) is 12.9. The highest BCUT2D eigenvalue weighted by Gasteiger charge is 2.27. The van der Waals surface area contributed by atoms with Crippen LogP contribution in [0.2, 0.25) is 0 Å². The van der Waals surface area contributed by atoms with Gasteiger partial charge in [0.1, 0.15) is 5.75 Å². The summed E-state index contributed by atoms with van der Waals surface area (Å²) in [5, 5.41) is 0. The fourth-order valence-corrected chi connectivity index (χ4v) is 4.87. The van der Waals surface area contributed by atoms with Crippen LogP contribution in [0.1, 0.15) is 53.3 Å². The predicted octanol–water partition coefficient (Wildman–Crippen LogP) is 2.74. The van der Waals surface area contributed by atoms with Crippen LogP contribution in [-0.2, 0) is 14.8 Å². The van der Waals surface area contributed by atoms with Crippen LogP contribution >= 0.6 is 0 Å². The molecule has 1 fully saturated rings.